The lowest BCUT2D eigenvalue weighted by Gasteiger charge is -2.20. The van der Waals surface area contributed by atoms with Gasteiger partial charge in [0.1, 0.15) is 0 Å². The number of hydrogen-bond acceptors (Lipinski definition) is 2. The van der Waals surface area contributed by atoms with E-state index in [1.807, 2.05) is 29.2 Å². The van der Waals surface area contributed by atoms with Gasteiger partial charge in [-0.2, -0.15) is 0 Å². The normalized spacial score (nSPS) is 19.8. The molecule has 1 aliphatic heterocycles. The molecular formula is C17H21NO3. The lowest BCUT2D eigenvalue weighted by molar-refractivity contribution is -0.132. The van der Waals surface area contributed by atoms with Crippen molar-refractivity contribution in [2.24, 2.45) is 5.92 Å². The SMILES string of the molecule is CC1CCC(=O)N(Cc2ccc(C=CC(=O)O)cc2)CC1. The van der Waals surface area contributed by atoms with Gasteiger partial charge in [0.25, 0.3) is 0 Å². The van der Waals surface area contributed by atoms with Crippen LogP contribution in [0.25, 0.3) is 6.08 Å². The van der Waals surface area contributed by atoms with E-state index in [0.717, 1.165) is 36.6 Å². The number of rotatable bonds is 4. The monoisotopic (exact) mass is 287 g/mol. The summed E-state index contributed by atoms with van der Waals surface area (Å²) in [6.07, 6.45) is 5.36. The van der Waals surface area contributed by atoms with E-state index in [9.17, 15) is 9.59 Å². The van der Waals surface area contributed by atoms with Crippen LogP contribution in [0.1, 0.15) is 37.3 Å². The Morgan fingerprint density at radius 3 is 2.71 bits per heavy atom. The molecule has 0 bridgehead atoms. The largest absolute Gasteiger partial charge is 0.478 e. The van der Waals surface area contributed by atoms with Crippen LogP contribution >= 0.6 is 0 Å². The molecule has 1 amide bonds. The number of carboxylic acid groups (broad SMARTS) is 1. The van der Waals surface area contributed by atoms with E-state index in [0.29, 0.717) is 18.9 Å². The number of carboxylic acids is 1. The van der Waals surface area contributed by atoms with E-state index in [-0.39, 0.29) is 5.91 Å². The van der Waals surface area contributed by atoms with Gasteiger partial charge in [0.15, 0.2) is 0 Å². The molecule has 2 rings (SSSR count). The number of hydrogen-bond donors (Lipinski definition) is 1. The smallest absolute Gasteiger partial charge is 0.328 e. The van der Waals surface area contributed by atoms with Crippen molar-refractivity contribution in [2.75, 3.05) is 6.54 Å². The molecule has 1 aliphatic rings. The van der Waals surface area contributed by atoms with E-state index in [1.54, 1.807) is 6.08 Å². The number of nitrogens with zero attached hydrogens (tertiary/aromatic N) is 1. The first kappa shape index (κ1) is 15.3. The van der Waals surface area contributed by atoms with Crippen molar-refractivity contribution in [3.63, 3.8) is 0 Å². The number of carbonyl (C=O) groups excluding carboxylic acids is 1. The molecule has 1 fully saturated rings. The Kier molecular flexibility index (Phi) is 5.14. The van der Waals surface area contributed by atoms with Crippen molar-refractivity contribution in [3.8, 4) is 0 Å². The Bertz CT molecular complexity index is 533. The average molecular weight is 287 g/mol. The molecule has 1 aromatic rings. The van der Waals surface area contributed by atoms with Gasteiger partial charge in [-0.15, -0.1) is 0 Å². The molecule has 1 atom stereocenters. The standard InChI is InChI=1S/C17H21NO3/c1-13-2-8-16(19)18(11-10-13)12-15-5-3-14(4-6-15)7-9-17(20)21/h3-7,9,13H,2,8,10-12H2,1H3,(H,20,21). The first-order chi connectivity index (χ1) is 10.0. The molecule has 4 heteroatoms. The fourth-order valence-corrected chi connectivity index (χ4v) is 2.46. The van der Waals surface area contributed by atoms with Crippen molar-refractivity contribution >= 4 is 18.0 Å². The number of aliphatic carboxylic acids is 1. The van der Waals surface area contributed by atoms with Gasteiger partial charge in [-0.1, -0.05) is 31.2 Å². The molecular weight excluding hydrogens is 266 g/mol. The first-order valence-electron chi connectivity index (χ1n) is 7.32. The van der Waals surface area contributed by atoms with Crippen LogP contribution in [0.5, 0.6) is 0 Å². The highest BCUT2D eigenvalue weighted by molar-refractivity contribution is 5.85. The third-order valence-electron chi connectivity index (χ3n) is 3.87. The van der Waals surface area contributed by atoms with Gasteiger partial charge in [0.2, 0.25) is 5.91 Å². The number of carbonyl (C=O) groups is 2. The van der Waals surface area contributed by atoms with Crippen LogP contribution < -0.4 is 0 Å². The van der Waals surface area contributed by atoms with Crippen LogP contribution in [0.15, 0.2) is 30.3 Å². The fourth-order valence-electron chi connectivity index (χ4n) is 2.46. The maximum Gasteiger partial charge on any atom is 0.328 e. The third kappa shape index (κ3) is 4.74. The summed E-state index contributed by atoms with van der Waals surface area (Å²) < 4.78 is 0. The van der Waals surface area contributed by atoms with E-state index < -0.39 is 5.97 Å². The maximum atomic E-state index is 12.1. The van der Waals surface area contributed by atoms with Gasteiger partial charge in [0, 0.05) is 25.6 Å². The quantitative estimate of drug-likeness (QED) is 0.866. The molecule has 1 aromatic carbocycles. The van der Waals surface area contributed by atoms with Crippen molar-refractivity contribution in [1.29, 1.82) is 0 Å². The highest BCUT2D eigenvalue weighted by Gasteiger charge is 2.19. The van der Waals surface area contributed by atoms with Gasteiger partial charge < -0.3 is 10.0 Å². The van der Waals surface area contributed by atoms with Gasteiger partial charge in [-0.05, 0) is 36.0 Å². The summed E-state index contributed by atoms with van der Waals surface area (Å²) >= 11 is 0. The van der Waals surface area contributed by atoms with E-state index in [2.05, 4.69) is 6.92 Å². The summed E-state index contributed by atoms with van der Waals surface area (Å²) in [5.74, 6) is -0.111. The molecule has 21 heavy (non-hydrogen) atoms. The third-order valence-corrected chi connectivity index (χ3v) is 3.87. The molecule has 1 unspecified atom stereocenters. The van der Waals surface area contributed by atoms with Crippen LogP contribution in [-0.2, 0) is 16.1 Å². The molecule has 1 saturated heterocycles. The topological polar surface area (TPSA) is 57.6 Å². The fraction of sp³-hybridized carbons (Fsp3) is 0.412. The van der Waals surface area contributed by atoms with Gasteiger partial charge in [0.05, 0.1) is 0 Å². The highest BCUT2D eigenvalue weighted by Crippen LogP contribution is 2.19. The Morgan fingerprint density at radius 2 is 2.05 bits per heavy atom. The van der Waals surface area contributed by atoms with Crippen LogP contribution in [0, 0.1) is 5.92 Å². The second-order valence-electron chi connectivity index (χ2n) is 5.66. The number of benzene rings is 1. The van der Waals surface area contributed by atoms with Gasteiger partial charge in [-0.25, -0.2) is 4.79 Å². The van der Waals surface area contributed by atoms with E-state index in [4.69, 9.17) is 5.11 Å². The van der Waals surface area contributed by atoms with E-state index >= 15 is 0 Å². The predicted molar refractivity (Wildman–Crippen MR) is 81.5 cm³/mol. The number of likely N-dealkylation sites (tertiary alicyclic amines) is 1. The Morgan fingerprint density at radius 1 is 1.33 bits per heavy atom. The Balaban J connectivity index is 1.99. The zero-order chi connectivity index (χ0) is 15.2. The summed E-state index contributed by atoms with van der Waals surface area (Å²) in [6, 6.07) is 7.64. The van der Waals surface area contributed by atoms with Crippen molar-refractivity contribution in [3.05, 3.63) is 41.5 Å². The van der Waals surface area contributed by atoms with Gasteiger partial charge >= 0.3 is 5.97 Å². The summed E-state index contributed by atoms with van der Waals surface area (Å²) in [4.78, 5) is 24.4. The molecule has 0 aromatic heterocycles. The first-order valence-corrected chi connectivity index (χ1v) is 7.32. The van der Waals surface area contributed by atoms with Crippen LogP contribution in [-0.4, -0.2) is 28.4 Å². The van der Waals surface area contributed by atoms with Crippen molar-refractivity contribution in [2.45, 2.75) is 32.7 Å². The lowest BCUT2D eigenvalue weighted by atomic mass is 10.0. The molecule has 0 spiro atoms. The molecule has 0 aliphatic carbocycles. The molecule has 1 heterocycles. The zero-order valence-electron chi connectivity index (χ0n) is 12.3. The van der Waals surface area contributed by atoms with Crippen LogP contribution in [0.4, 0.5) is 0 Å². The Hall–Kier alpha value is -2.10. The minimum atomic E-state index is -0.955. The van der Waals surface area contributed by atoms with Crippen molar-refractivity contribution < 1.29 is 14.7 Å². The summed E-state index contributed by atoms with van der Waals surface area (Å²) in [6.45, 7) is 3.65. The molecule has 0 saturated carbocycles. The Labute approximate surface area is 125 Å². The molecule has 4 nitrogen and oxygen atoms in total. The second-order valence-corrected chi connectivity index (χ2v) is 5.66. The highest BCUT2D eigenvalue weighted by atomic mass is 16.4. The summed E-state index contributed by atoms with van der Waals surface area (Å²) in [7, 11) is 0. The van der Waals surface area contributed by atoms with Crippen molar-refractivity contribution in [1.82, 2.24) is 4.90 Å². The zero-order valence-corrected chi connectivity index (χ0v) is 12.3. The molecule has 0 radical (unpaired) electrons. The maximum absolute atomic E-state index is 12.1. The summed E-state index contributed by atoms with van der Waals surface area (Å²) in [5, 5.41) is 8.59. The molecule has 112 valence electrons. The van der Waals surface area contributed by atoms with Crippen LogP contribution in [0.3, 0.4) is 0 Å². The minimum Gasteiger partial charge on any atom is -0.478 e. The molecule has 1 N–H and O–H groups in total. The van der Waals surface area contributed by atoms with E-state index in [1.165, 1.54) is 0 Å². The average Bonchev–Trinajstić information content (AvgIpc) is 2.62. The second kappa shape index (κ2) is 7.07. The lowest BCUT2D eigenvalue weighted by Crippen LogP contribution is -2.29. The van der Waals surface area contributed by atoms with Gasteiger partial charge in [-0.3, -0.25) is 4.79 Å². The van der Waals surface area contributed by atoms with Crippen LogP contribution in [0.2, 0.25) is 0 Å². The number of amides is 1. The summed E-state index contributed by atoms with van der Waals surface area (Å²) in [5.41, 5.74) is 1.92. The predicted octanol–water partition coefficient (Wildman–Crippen LogP) is 2.93. The minimum absolute atomic E-state index is 0.231.